The van der Waals surface area contributed by atoms with Gasteiger partial charge in [0.15, 0.2) is 5.82 Å². The third kappa shape index (κ3) is 2.22. The van der Waals surface area contributed by atoms with Crippen LogP contribution in [-0.4, -0.2) is 14.8 Å². The summed E-state index contributed by atoms with van der Waals surface area (Å²) in [7, 11) is 0. The second kappa shape index (κ2) is 4.71. The fourth-order valence-corrected chi connectivity index (χ4v) is 1.60. The van der Waals surface area contributed by atoms with Gasteiger partial charge in [0.2, 0.25) is 5.88 Å². The van der Waals surface area contributed by atoms with Crippen LogP contribution in [0, 0.1) is 0 Å². The topological polar surface area (TPSA) is 39.9 Å². The van der Waals surface area contributed by atoms with E-state index < -0.39 is 0 Å². The third-order valence-electron chi connectivity index (χ3n) is 2.41. The number of benzene rings is 1. The van der Waals surface area contributed by atoms with Crippen molar-refractivity contribution in [2.75, 3.05) is 0 Å². The molecule has 88 valence electrons. The van der Waals surface area contributed by atoms with Gasteiger partial charge in [0.25, 0.3) is 0 Å². The van der Waals surface area contributed by atoms with Gasteiger partial charge in [-0.3, -0.25) is 0 Å². The second-order valence-electron chi connectivity index (χ2n) is 3.70. The number of pyridine rings is 1. The minimum absolute atomic E-state index is 0.550. The lowest BCUT2D eigenvalue weighted by molar-refractivity contribution is 0.461. The number of nitrogens with zero attached hydrogens (tertiary/aromatic N) is 3. The summed E-state index contributed by atoms with van der Waals surface area (Å²) in [5, 5.41) is 4.13. The smallest absolute Gasteiger partial charge is 0.221 e. The van der Waals surface area contributed by atoms with E-state index in [1.807, 2.05) is 60.8 Å². The Kier molecular flexibility index (Phi) is 2.75. The van der Waals surface area contributed by atoms with Crippen LogP contribution in [0.15, 0.2) is 67.0 Å². The summed E-state index contributed by atoms with van der Waals surface area (Å²) in [6.45, 7) is 0. The highest BCUT2D eigenvalue weighted by Crippen LogP contribution is 2.19. The molecule has 0 radical (unpaired) electrons. The van der Waals surface area contributed by atoms with Crippen LogP contribution >= 0.6 is 0 Å². The molecule has 2 heterocycles. The zero-order valence-corrected chi connectivity index (χ0v) is 9.60. The molecule has 4 heteroatoms. The monoisotopic (exact) mass is 237 g/mol. The van der Waals surface area contributed by atoms with Crippen molar-refractivity contribution in [3.8, 4) is 17.4 Å². The Morgan fingerprint density at radius 1 is 0.889 bits per heavy atom. The maximum Gasteiger partial charge on any atom is 0.221 e. The number of rotatable bonds is 3. The lowest BCUT2D eigenvalue weighted by Crippen LogP contribution is -1.98. The molecule has 0 spiro atoms. The van der Waals surface area contributed by atoms with Crippen LogP contribution in [0.5, 0.6) is 11.6 Å². The molecular weight excluding hydrogens is 226 g/mol. The predicted octanol–water partition coefficient (Wildman–Crippen LogP) is 3.06. The standard InChI is InChI=1S/C14H11N3O/c1-2-6-12(7-3-1)18-14-9-4-8-13(16-14)17-11-5-10-15-17/h1-11H. The highest BCUT2D eigenvalue weighted by atomic mass is 16.5. The third-order valence-corrected chi connectivity index (χ3v) is 2.41. The lowest BCUT2D eigenvalue weighted by Gasteiger charge is -2.06. The van der Waals surface area contributed by atoms with Crippen LogP contribution in [-0.2, 0) is 0 Å². The lowest BCUT2D eigenvalue weighted by atomic mass is 10.3. The zero-order chi connectivity index (χ0) is 12.2. The van der Waals surface area contributed by atoms with Gasteiger partial charge in [0, 0.05) is 18.5 Å². The van der Waals surface area contributed by atoms with E-state index in [2.05, 4.69) is 10.1 Å². The molecule has 2 aromatic heterocycles. The van der Waals surface area contributed by atoms with Crippen molar-refractivity contribution in [3.63, 3.8) is 0 Å². The van der Waals surface area contributed by atoms with Crippen molar-refractivity contribution < 1.29 is 4.74 Å². The number of ether oxygens (including phenoxy) is 1. The van der Waals surface area contributed by atoms with Crippen molar-refractivity contribution in [2.45, 2.75) is 0 Å². The summed E-state index contributed by atoms with van der Waals surface area (Å²) in [4.78, 5) is 4.39. The molecule has 3 rings (SSSR count). The van der Waals surface area contributed by atoms with Crippen LogP contribution in [0.3, 0.4) is 0 Å². The summed E-state index contributed by atoms with van der Waals surface area (Å²) in [5.41, 5.74) is 0. The summed E-state index contributed by atoms with van der Waals surface area (Å²) in [6, 6.07) is 17.0. The summed E-state index contributed by atoms with van der Waals surface area (Å²) >= 11 is 0. The van der Waals surface area contributed by atoms with Gasteiger partial charge >= 0.3 is 0 Å². The Hall–Kier alpha value is -2.62. The molecule has 0 unspecified atom stereocenters. The molecule has 4 nitrogen and oxygen atoms in total. The Labute approximate surface area is 104 Å². The van der Waals surface area contributed by atoms with Crippen LogP contribution in [0.4, 0.5) is 0 Å². The van der Waals surface area contributed by atoms with Crippen LogP contribution in [0.2, 0.25) is 0 Å². The average molecular weight is 237 g/mol. The highest BCUT2D eigenvalue weighted by Gasteiger charge is 2.01. The van der Waals surface area contributed by atoms with Crippen LogP contribution < -0.4 is 4.74 Å². The van der Waals surface area contributed by atoms with E-state index in [1.165, 1.54) is 0 Å². The fraction of sp³-hybridized carbons (Fsp3) is 0. The largest absolute Gasteiger partial charge is 0.439 e. The van der Waals surface area contributed by atoms with Gasteiger partial charge in [-0.05, 0) is 24.3 Å². The van der Waals surface area contributed by atoms with E-state index in [4.69, 9.17) is 4.74 Å². The van der Waals surface area contributed by atoms with Crippen molar-refractivity contribution in [3.05, 3.63) is 67.0 Å². The first kappa shape index (κ1) is 10.5. The number of aromatic nitrogens is 3. The Bertz CT molecular complexity index is 621. The van der Waals surface area contributed by atoms with Gasteiger partial charge in [-0.2, -0.15) is 10.1 Å². The minimum Gasteiger partial charge on any atom is -0.439 e. The molecule has 0 fully saturated rings. The molecule has 0 saturated carbocycles. The quantitative estimate of drug-likeness (QED) is 0.702. The summed E-state index contributed by atoms with van der Waals surface area (Å²) in [5.74, 6) is 2.05. The molecule has 0 N–H and O–H groups in total. The molecule has 0 saturated heterocycles. The van der Waals surface area contributed by atoms with Gasteiger partial charge in [-0.15, -0.1) is 0 Å². The Morgan fingerprint density at radius 2 is 1.78 bits per heavy atom. The van der Waals surface area contributed by atoms with Gasteiger partial charge in [0.05, 0.1) is 0 Å². The molecule has 0 aliphatic heterocycles. The Balaban J connectivity index is 1.88. The first-order valence-corrected chi connectivity index (χ1v) is 5.62. The molecule has 0 atom stereocenters. The van der Waals surface area contributed by atoms with E-state index in [9.17, 15) is 0 Å². The molecule has 0 aliphatic carbocycles. The van der Waals surface area contributed by atoms with E-state index in [0.29, 0.717) is 5.88 Å². The summed E-state index contributed by atoms with van der Waals surface area (Å²) in [6.07, 6.45) is 3.56. The number of hydrogen-bond donors (Lipinski definition) is 0. The molecule has 0 aliphatic rings. The first-order chi connectivity index (χ1) is 8.92. The normalized spacial score (nSPS) is 10.2. The van der Waals surface area contributed by atoms with Crippen LogP contribution in [0.1, 0.15) is 0 Å². The van der Waals surface area contributed by atoms with Crippen molar-refractivity contribution in [2.24, 2.45) is 0 Å². The molecule has 3 aromatic rings. The highest BCUT2D eigenvalue weighted by molar-refractivity contribution is 5.30. The maximum absolute atomic E-state index is 5.66. The molecule has 18 heavy (non-hydrogen) atoms. The SMILES string of the molecule is c1ccc(Oc2cccc(-n3cccn3)n2)cc1. The van der Waals surface area contributed by atoms with E-state index in [0.717, 1.165) is 11.6 Å². The van der Waals surface area contributed by atoms with Crippen molar-refractivity contribution in [1.82, 2.24) is 14.8 Å². The molecule has 0 amide bonds. The fourth-order valence-electron chi connectivity index (χ4n) is 1.60. The van der Waals surface area contributed by atoms with Gasteiger partial charge in [0.1, 0.15) is 5.75 Å². The zero-order valence-electron chi connectivity index (χ0n) is 9.60. The van der Waals surface area contributed by atoms with Crippen LogP contribution in [0.25, 0.3) is 5.82 Å². The average Bonchev–Trinajstić information content (AvgIpc) is 2.94. The maximum atomic E-state index is 5.66. The van der Waals surface area contributed by atoms with E-state index in [-0.39, 0.29) is 0 Å². The van der Waals surface area contributed by atoms with Gasteiger partial charge in [-0.25, -0.2) is 4.68 Å². The van der Waals surface area contributed by atoms with E-state index >= 15 is 0 Å². The number of para-hydroxylation sites is 1. The van der Waals surface area contributed by atoms with Crippen molar-refractivity contribution in [1.29, 1.82) is 0 Å². The molecule has 1 aromatic carbocycles. The van der Waals surface area contributed by atoms with E-state index in [1.54, 1.807) is 10.9 Å². The predicted molar refractivity (Wildman–Crippen MR) is 67.9 cm³/mol. The Morgan fingerprint density at radius 3 is 2.56 bits per heavy atom. The van der Waals surface area contributed by atoms with Gasteiger partial charge < -0.3 is 4.74 Å². The number of hydrogen-bond acceptors (Lipinski definition) is 3. The minimum atomic E-state index is 0.550. The van der Waals surface area contributed by atoms with Crippen molar-refractivity contribution >= 4 is 0 Å². The second-order valence-corrected chi connectivity index (χ2v) is 3.70. The summed E-state index contributed by atoms with van der Waals surface area (Å²) < 4.78 is 7.36. The molecule has 0 bridgehead atoms. The van der Waals surface area contributed by atoms with Gasteiger partial charge in [-0.1, -0.05) is 24.3 Å². The molecular formula is C14H11N3O. The first-order valence-electron chi connectivity index (χ1n) is 5.62.